The van der Waals surface area contributed by atoms with E-state index in [1.807, 2.05) is 53.1 Å². The molecule has 1 aromatic heterocycles. The molecule has 0 spiro atoms. The van der Waals surface area contributed by atoms with Crippen LogP contribution < -0.4 is 19.6 Å². The summed E-state index contributed by atoms with van der Waals surface area (Å²) < 4.78 is 9.46. The maximum atomic E-state index is 14.0. The van der Waals surface area contributed by atoms with Crippen molar-refractivity contribution in [1.82, 2.24) is 4.57 Å². The molecule has 7 rings (SSSR count). The standard InChI is InChI=1S/C34H23BrCl2N2O2S/c35-24-11-8-23(9-12-24)32-27-15-10-22-3-1-2-4-26(22)31(27)38-34-39(32)33(40)30(42-34)18-20-5-13-25(14-6-20)41-19-21-7-16-28(36)29(37)17-21/h1-9,11-14,16-18,32H,10,15,19H2/b30-18-/t32-/m0/s1. The summed E-state index contributed by atoms with van der Waals surface area (Å²) in [5.41, 5.74) is 7.55. The van der Waals surface area contributed by atoms with Crippen LogP contribution in [0.1, 0.15) is 40.3 Å². The van der Waals surface area contributed by atoms with Crippen molar-refractivity contribution in [3.8, 4) is 5.75 Å². The molecule has 0 saturated carbocycles. The second-order valence-electron chi connectivity index (χ2n) is 10.3. The first-order valence-corrected chi connectivity index (χ1v) is 15.9. The fourth-order valence-corrected chi connectivity index (χ4v) is 7.16. The molecule has 0 bridgehead atoms. The van der Waals surface area contributed by atoms with Crippen LogP contribution >= 0.6 is 50.5 Å². The van der Waals surface area contributed by atoms with Crippen molar-refractivity contribution < 1.29 is 4.74 Å². The Bertz CT molecular complexity index is 2050. The summed E-state index contributed by atoms with van der Waals surface area (Å²) in [4.78, 5) is 19.8. The molecule has 2 aliphatic rings. The molecule has 2 heterocycles. The average Bonchev–Trinajstić information content (AvgIpc) is 3.32. The van der Waals surface area contributed by atoms with Gasteiger partial charge in [-0.05, 0) is 83.1 Å². The first kappa shape index (κ1) is 27.4. The van der Waals surface area contributed by atoms with E-state index in [0.29, 0.717) is 21.2 Å². The monoisotopic (exact) mass is 672 g/mol. The number of thiazole rings is 1. The van der Waals surface area contributed by atoms with Crippen molar-refractivity contribution in [2.75, 3.05) is 0 Å². The molecule has 0 saturated heterocycles. The minimum absolute atomic E-state index is 0.0305. The van der Waals surface area contributed by atoms with Crippen LogP contribution in [0, 0.1) is 0 Å². The highest BCUT2D eigenvalue weighted by Gasteiger charge is 2.32. The Hall–Kier alpha value is -3.42. The van der Waals surface area contributed by atoms with E-state index in [4.69, 9.17) is 32.9 Å². The zero-order valence-electron chi connectivity index (χ0n) is 22.2. The first-order valence-electron chi connectivity index (χ1n) is 13.5. The van der Waals surface area contributed by atoms with Gasteiger partial charge in [0.15, 0.2) is 4.80 Å². The normalized spacial score (nSPS) is 16.0. The lowest BCUT2D eigenvalue weighted by Crippen LogP contribution is -2.38. The van der Waals surface area contributed by atoms with E-state index < -0.39 is 0 Å². The number of benzene rings is 4. The summed E-state index contributed by atoms with van der Waals surface area (Å²) in [7, 11) is 0. The van der Waals surface area contributed by atoms with Gasteiger partial charge >= 0.3 is 0 Å². The zero-order chi connectivity index (χ0) is 28.8. The predicted octanol–water partition coefficient (Wildman–Crippen LogP) is 7.97. The van der Waals surface area contributed by atoms with Crippen LogP contribution in [-0.2, 0) is 13.0 Å². The summed E-state index contributed by atoms with van der Waals surface area (Å²) in [5, 5.41) is 1.02. The van der Waals surface area contributed by atoms with E-state index in [0.717, 1.165) is 55.8 Å². The first-order chi connectivity index (χ1) is 20.4. The van der Waals surface area contributed by atoms with Gasteiger partial charge < -0.3 is 4.74 Å². The van der Waals surface area contributed by atoms with Gasteiger partial charge in [-0.15, -0.1) is 0 Å². The molecule has 1 aliphatic heterocycles. The molecule has 42 heavy (non-hydrogen) atoms. The van der Waals surface area contributed by atoms with E-state index in [1.54, 1.807) is 12.1 Å². The predicted molar refractivity (Wildman–Crippen MR) is 174 cm³/mol. The van der Waals surface area contributed by atoms with Gasteiger partial charge in [0.25, 0.3) is 5.56 Å². The number of rotatable bonds is 5. The van der Waals surface area contributed by atoms with Crippen LogP contribution in [0.15, 0.2) is 111 Å². The van der Waals surface area contributed by atoms with Crippen molar-refractivity contribution >= 4 is 62.2 Å². The lowest BCUT2D eigenvalue weighted by Gasteiger charge is -2.30. The van der Waals surface area contributed by atoms with Crippen LogP contribution in [0.3, 0.4) is 0 Å². The number of ether oxygens (including phenoxy) is 1. The number of allylic oxidation sites excluding steroid dienone is 1. The lowest BCUT2D eigenvalue weighted by atomic mass is 9.83. The minimum Gasteiger partial charge on any atom is -0.489 e. The number of fused-ring (bicyclic) bond motifs is 3. The molecule has 1 atom stereocenters. The molecular formula is C34H23BrCl2N2O2S. The lowest BCUT2D eigenvalue weighted by molar-refractivity contribution is 0.306. The van der Waals surface area contributed by atoms with E-state index in [1.165, 1.54) is 22.5 Å². The minimum atomic E-state index is -0.197. The Kier molecular flexibility index (Phi) is 7.40. The quantitative estimate of drug-likeness (QED) is 0.190. The van der Waals surface area contributed by atoms with Gasteiger partial charge in [0, 0.05) is 10.0 Å². The van der Waals surface area contributed by atoms with Gasteiger partial charge in [-0.25, -0.2) is 4.99 Å². The molecule has 0 N–H and O–H groups in total. The van der Waals surface area contributed by atoms with Gasteiger partial charge in [-0.1, -0.05) is 105 Å². The Morgan fingerprint density at radius 3 is 2.52 bits per heavy atom. The van der Waals surface area contributed by atoms with E-state index in [2.05, 4.69) is 52.3 Å². The summed E-state index contributed by atoms with van der Waals surface area (Å²) in [5.74, 6) is 0.723. The molecule has 4 nitrogen and oxygen atoms in total. The fraction of sp³-hybridized carbons (Fsp3) is 0.118. The van der Waals surface area contributed by atoms with Gasteiger partial charge in [0.05, 0.1) is 26.3 Å². The van der Waals surface area contributed by atoms with E-state index in [-0.39, 0.29) is 11.6 Å². The summed E-state index contributed by atoms with van der Waals surface area (Å²) in [6, 6.07) is 29.7. The van der Waals surface area contributed by atoms with E-state index >= 15 is 0 Å². The highest BCUT2D eigenvalue weighted by atomic mass is 79.9. The third-order valence-corrected chi connectivity index (χ3v) is 9.88. The summed E-state index contributed by atoms with van der Waals surface area (Å²) in [6.45, 7) is 0.374. The van der Waals surface area contributed by atoms with Crippen LogP contribution in [0.25, 0.3) is 11.8 Å². The molecule has 8 heteroatoms. The number of nitrogens with zero attached hydrogens (tertiary/aromatic N) is 2. The summed E-state index contributed by atoms with van der Waals surface area (Å²) in [6.07, 6.45) is 3.73. The van der Waals surface area contributed by atoms with Crippen LogP contribution in [0.2, 0.25) is 10.0 Å². The van der Waals surface area contributed by atoms with Crippen molar-refractivity contribution in [3.63, 3.8) is 0 Å². The summed E-state index contributed by atoms with van der Waals surface area (Å²) >= 11 is 17.1. The molecule has 5 aromatic rings. The van der Waals surface area contributed by atoms with Crippen molar-refractivity contribution in [2.24, 2.45) is 4.99 Å². The smallest absolute Gasteiger partial charge is 0.271 e. The topological polar surface area (TPSA) is 43.6 Å². The van der Waals surface area contributed by atoms with Crippen LogP contribution in [0.4, 0.5) is 0 Å². The van der Waals surface area contributed by atoms with Crippen molar-refractivity contribution in [2.45, 2.75) is 25.5 Å². The molecule has 1 aliphatic carbocycles. The number of halogens is 3. The molecule has 0 amide bonds. The highest BCUT2D eigenvalue weighted by molar-refractivity contribution is 9.10. The fourth-order valence-electron chi connectivity index (χ4n) is 5.58. The van der Waals surface area contributed by atoms with Gasteiger partial charge in [0.1, 0.15) is 12.4 Å². The maximum absolute atomic E-state index is 14.0. The van der Waals surface area contributed by atoms with Crippen molar-refractivity contribution in [3.05, 3.63) is 159 Å². The molecule has 0 fully saturated rings. The van der Waals surface area contributed by atoms with Gasteiger partial charge in [-0.2, -0.15) is 0 Å². The Morgan fingerprint density at radius 2 is 1.74 bits per heavy atom. The average molecular weight is 674 g/mol. The number of hydrogen-bond acceptors (Lipinski definition) is 4. The zero-order valence-corrected chi connectivity index (χ0v) is 26.1. The Balaban J connectivity index is 1.25. The Labute approximate surface area is 265 Å². The molecule has 0 unspecified atom stereocenters. The highest BCUT2D eigenvalue weighted by Crippen LogP contribution is 2.41. The molecular weight excluding hydrogens is 651 g/mol. The van der Waals surface area contributed by atoms with Gasteiger partial charge in [0.2, 0.25) is 0 Å². The Morgan fingerprint density at radius 1 is 0.952 bits per heavy atom. The second kappa shape index (κ2) is 11.3. The largest absolute Gasteiger partial charge is 0.489 e. The SMILES string of the molecule is O=c1/c(=C/c2ccc(OCc3ccc(Cl)c(Cl)c3)cc2)sc2n1[C@@H](c1ccc(Br)cc1)C1=C(N=2)c2ccccc2CC1. The van der Waals surface area contributed by atoms with Crippen LogP contribution in [0.5, 0.6) is 5.75 Å². The third kappa shape index (κ3) is 5.18. The second-order valence-corrected chi connectivity index (χ2v) is 13.0. The maximum Gasteiger partial charge on any atom is 0.271 e. The number of aryl methyl sites for hydroxylation is 1. The molecule has 0 radical (unpaired) electrons. The van der Waals surface area contributed by atoms with Crippen LogP contribution in [-0.4, -0.2) is 4.57 Å². The number of hydrogen-bond donors (Lipinski definition) is 0. The molecule has 208 valence electrons. The van der Waals surface area contributed by atoms with Gasteiger partial charge in [-0.3, -0.25) is 9.36 Å². The third-order valence-electron chi connectivity index (χ3n) is 7.63. The van der Waals surface area contributed by atoms with E-state index in [9.17, 15) is 4.79 Å². The number of aromatic nitrogens is 1. The van der Waals surface area contributed by atoms with Crippen molar-refractivity contribution in [1.29, 1.82) is 0 Å². The molecule has 4 aromatic carbocycles.